The van der Waals surface area contributed by atoms with Crippen LogP contribution in [0.5, 0.6) is 5.75 Å². The number of amides is 2. The Hall–Kier alpha value is -3.96. The lowest BCUT2D eigenvalue weighted by Crippen LogP contribution is -2.47. The van der Waals surface area contributed by atoms with Gasteiger partial charge in [-0.15, -0.1) is 0 Å². The van der Waals surface area contributed by atoms with Crippen LogP contribution in [0.3, 0.4) is 0 Å². The van der Waals surface area contributed by atoms with Crippen LogP contribution in [0.2, 0.25) is 0 Å². The number of carbonyl (C=O) groups excluding carboxylic acids is 2. The number of nitrogens with one attached hydrogen (secondary N) is 3. The van der Waals surface area contributed by atoms with E-state index in [2.05, 4.69) is 57.7 Å². The fraction of sp³-hybridized carbons (Fsp3) is 0.143. The lowest BCUT2D eigenvalue weighted by Gasteiger charge is -2.16. The SMILES string of the molecule is O=C(N[C@@H](Cc1cnc[nH]1)C(=O)N/N=C\c1ccc(OCc2ccc(Br)cc2)c(Br)c1)OCc1ccccc1. The summed E-state index contributed by atoms with van der Waals surface area (Å²) in [5.41, 5.74) is 5.77. The van der Waals surface area contributed by atoms with Crippen molar-refractivity contribution < 1.29 is 19.1 Å². The average Bonchev–Trinajstić information content (AvgIpc) is 3.46. The molecule has 0 fully saturated rings. The molecule has 2 amide bonds. The minimum Gasteiger partial charge on any atom is -0.488 e. The molecule has 0 aliphatic rings. The normalized spacial score (nSPS) is 11.6. The molecule has 0 aliphatic carbocycles. The van der Waals surface area contributed by atoms with E-state index >= 15 is 0 Å². The smallest absolute Gasteiger partial charge is 0.408 e. The molecule has 3 N–H and O–H groups in total. The molecule has 0 saturated heterocycles. The summed E-state index contributed by atoms with van der Waals surface area (Å²) in [5, 5.41) is 6.66. The van der Waals surface area contributed by atoms with Gasteiger partial charge in [0.05, 0.1) is 17.0 Å². The molecule has 0 unspecified atom stereocenters. The van der Waals surface area contributed by atoms with Crippen LogP contribution in [0.4, 0.5) is 4.79 Å². The highest BCUT2D eigenvalue weighted by Gasteiger charge is 2.22. The van der Waals surface area contributed by atoms with Gasteiger partial charge in [0.2, 0.25) is 0 Å². The number of aromatic nitrogens is 2. The van der Waals surface area contributed by atoms with Gasteiger partial charge in [0.25, 0.3) is 5.91 Å². The first kappa shape index (κ1) is 28.1. The van der Waals surface area contributed by atoms with Gasteiger partial charge in [0, 0.05) is 22.8 Å². The monoisotopic (exact) mass is 653 g/mol. The van der Waals surface area contributed by atoms with Crippen molar-refractivity contribution in [2.75, 3.05) is 0 Å². The van der Waals surface area contributed by atoms with Gasteiger partial charge in [-0.05, 0) is 63.0 Å². The summed E-state index contributed by atoms with van der Waals surface area (Å²) in [6.07, 6.45) is 4.05. The average molecular weight is 655 g/mol. The Morgan fingerprint density at radius 2 is 1.77 bits per heavy atom. The zero-order chi connectivity index (χ0) is 27.5. The topological polar surface area (TPSA) is 118 Å². The summed E-state index contributed by atoms with van der Waals surface area (Å²) in [6, 6.07) is 21.7. The van der Waals surface area contributed by atoms with Gasteiger partial charge in [-0.25, -0.2) is 15.2 Å². The molecule has 11 heteroatoms. The fourth-order valence-corrected chi connectivity index (χ4v) is 4.21. The van der Waals surface area contributed by atoms with Gasteiger partial charge in [0.1, 0.15) is 25.0 Å². The van der Waals surface area contributed by atoms with Crippen molar-refractivity contribution in [2.45, 2.75) is 25.7 Å². The third-order valence-corrected chi connectivity index (χ3v) is 6.60. The maximum Gasteiger partial charge on any atom is 0.408 e. The molecule has 4 aromatic rings. The van der Waals surface area contributed by atoms with E-state index in [4.69, 9.17) is 9.47 Å². The second-order valence-corrected chi connectivity index (χ2v) is 10.1. The van der Waals surface area contributed by atoms with E-state index in [9.17, 15) is 9.59 Å². The second-order valence-electron chi connectivity index (χ2n) is 8.38. The fourth-order valence-electron chi connectivity index (χ4n) is 3.44. The van der Waals surface area contributed by atoms with Crippen molar-refractivity contribution >= 4 is 50.1 Å². The molecule has 3 aromatic carbocycles. The Balaban J connectivity index is 1.32. The first-order valence-electron chi connectivity index (χ1n) is 11.9. The summed E-state index contributed by atoms with van der Waals surface area (Å²) in [4.78, 5) is 32.1. The number of hydrogen-bond acceptors (Lipinski definition) is 6. The van der Waals surface area contributed by atoms with Crippen LogP contribution in [0.25, 0.3) is 0 Å². The number of H-pyrrole nitrogens is 1. The molecule has 4 rings (SSSR count). The van der Waals surface area contributed by atoms with Gasteiger partial charge < -0.3 is 19.8 Å². The summed E-state index contributed by atoms with van der Waals surface area (Å²) < 4.78 is 12.9. The zero-order valence-electron chi connectivity index (χ0n) is 20.6. The molecule has 0 radical (unpaired) electrons. The van der Waals surface area contributed by atoms with E-state index in [0.717, 1.165) is 25.6 Å². The van der Waals surface area contributed by atoms with Crippen molar-refractivity contribution in [1.82, 2.24) is 20.7 Å². The highest BCUT2D eigenvalue weighted by molar-refractivity contribution is 9.10. The van der Waals surface area contributed by atoms with Crippen molar-refractivity contribution in [3.63, 3.8) is 0 Å². The summed E-state index contributed by atoms with van der Waals surface area (Å²) >= 11 is 6.94. The zero-order valence-corrected chi connectivity index (χ0v) is 23.8. The number of alkyl carbamates (subject to hydrolysis) is 1. The molecular weight excluding hydrogens is 630 g/mol. The molecule has 0 spiro atoms. The molecule has 1 atom stereocenters. The van der Waals surface area contributed by atoms with E-state index in [1.165, 1.54) is 12.5 Å². The number of nitrogens with zero attached hydrogens (tertiary/aromatic N) is 2. The number of aromatic amines is 1. The Labute approximate surface area is 242 Å². The van der Waals surface area contributed by atoms with Gasteiger partial charge in [-0.2, -0.15) is 5.10 Å². The maximum atomic E-state index is 12.9. The van der Waals surface area contributed by atoms with Crippen LogP contribution < -0.4 is 15.5 Å². The van der Waals surface area contributed by atoms with E-state index in [-0.39, 0.29) is 13.0 Å². The lowest BCUT2D eigenvalue weighted by atomic mass is 10.1. The number of hydrogen-bond donors (Lipinski definition) is 3. The van der Waals surface area contributed by atoms with E-state index < -0.39 is 18.0 Å². The number of benzene rings is 3. The molecule has 39 heavy (non-hydrogen) atoms. The lowest BCUT2D eigenvalue weighted by molar-refractivity contribution is -0.123. The standard InChI is InChI=1S/C28H25Br2N5O4/c29-22-9-6-20(7-10-22)16-38-26-11-8-21(12-24(26)30)14-33-35-27(36)25(13-23-15-31-18-32-23)34-28(37)39-17-19-4-2-1-3-5-19/h1-12,14-15,18,25H,13,16-17H2,(H,31,32)(H,34,37)(H,35,36)/b33-14-/t25-/m0/s1. The van der Waals surface area contributed by atoms with Gasteiger partial charge in [-0.3, -0.25) is 4.79 Å². The third kappa shape index (κ3) is 9.08. The molecule has 9 nitrogen and oxygen atoms in total. The first-order chi connectivity index (χ1) is 19.0. The van der Waals surface area contributed by atoms with Crippen molar-refractivity contribution in [1.29, 1.82) is 0 Å². The maximum absolute atomic E-state index is 12.9. The van der Waals surface area contributed by atoms with Gasteiger partial charge in [0.15, 0.2) is 0 Å². The van der Waals surface area contributed by atoms with Crippen LogP contribution >= 0.6 is 31.9 Å². The minimum absolute atomic E-state index is 0.0843. The predicted octanol–water partition coefficient (Wildman–Crippen LogP) is 5.50. The van der Waals surface area contributed by atoms with Crippen LogP contribution in [0.15, 0.2) is 99.4 Å². The van der Waals surface area contributed by atoms with Crippen LogP contribution in [-0.2, 0) is 29.2 Å². The van der Waals surface area contributed by atoms with Crippen LogP contribution in [0.1, 0.15) is 22.4 Å². The van der Waals surface area contributed by atoms with E-state index in [0.29, 0.717) is 18.1 Å². The third-order valence-electron chi connectivity index (χ3n) is 5.45. The Morgan fingerprint density at radius 1 is 1.00 bits per heavy atom. The molecule has 1 heterocycles. The molecule has 0 bridgehead atoms. The summed E-state index contributed by atoms with van der Waals surface area (Å²) in [7, 11) is 0. The Kier molecular flexibility index (Phi) is 10.3. The number of halogens is 2. The highest BCUT2D eigenvalue weighted by Crippen LogP contribution is 2.26. The molecule has 0 saturated carbocycles. The molecule has 0 aliphatic heterocycles. The number of imidazole rings is 1. The minimum atomic E-state index is -0.938. The molecular formula is C28H25Br2N5O4. The number of rotatable bonds is 11. The molecule has 1 aromatic heterocycles. The van der Waals surface area contributed by atoms with Gasteiger partial charge in [-0.1, -0.05) is 58.4 Å². The molecule has 200 valence electrons. The summed E-state index contributed by atoms with van der Waals surface area (Å²) in [6.45, 7) is 0.509. The number of ether oxygens (including phenoxy) is 2. The predicted molar refractivity (Wildman–Crippen MR) is 154 cm³/mol. The number of carbonyl (C=O) groups is 2. The summed E-state index contributed by atoms with van der Waals surface area (Å²) in [5.74, 6) is 0.169. The Morgan fingerprint density at radius 3 is 2.49 bits per heavy atom. The highest BCUT2D eigenvalue weighted by atomic mass is 79.9. The van der Waals surface area contributed by atoms with Crippen molar-refractivity contribution in [3.05, 3.63) is 117 Å². The van der Waals surface area contributed by atoms with E-state index in [1.54, 1.807) is 6.20 Å². The van der Waals surface area contributed by atoms with Crippen LogP contribution in [0, 0.1) is 0 Å². The largest absolute Gasteiger partial charge is 0.488 e. The van der Waals surface area contributed by atoms with E-state index in [1.807, 2.05) is 72.8 Å². The van der Waals surface area contributed by atoms with Crippen molar-refractivity contribution in [3.8, 4) is 5.75 Å². The van der Waals surface area contributed by atoms with Crippen molar-refractivity contribution in [2.24, 2.45) is 5.10 Å². The first-order valence-corrected chi connectivity index (χ1v) is 13.5. The quantitative estimate of drug-likeness (QED) is 0.146. The second kappa shape index (κ2) is 14.3. The number of hydrazone groups is 1. The van der Waals surface area contributed by atoms with Gasteiger partial charge >= 0.3 is 6.09 Å². The van der Waals surface area contributed by atoms with Crippen LogP contribution in [-0.4, -0.2) is 34.2 Å². The Bertz CT molecular complexity index is 1400.